The molecule has 2 aromatic rings. The van der Waals surface area contributed by atoms with E-state index in [2.05, 4.69) is 33.8 Å². The molecule has 4 nitrogen and oxygen atoms in total. The maximum Gasteiger partial charge on any atom is 0.228 e. The van der Waals surface area contributed by atoms with E-state index in [1.54, 1.807) is 18.0 Å². The first-order valence-electron chi connectivity index (χ1n) is 7.94. The zero-order chi connectivity index (χ0) is 15.9. The van der Waals surface area contributed by atoms with Crippen LogP contribution >= 0.6 is 36.6 Å². The largest absolute Gasteiger partial charge is 0.326 e. The zero-order valence-corrected chi connectivity index (χ0v) is 16.3. The summed E-state index contributed by atoms with van der Waals surface area (Å²) in [5.74, 6) is 1.10. The van der Waals surface area contributed by atoms with Crippen LogP contribution in [0.1, 0.15) is 18.4 Å². The molecule has 0 aliphatic carbocycles. The number of benzene rings is 1. The van der Waals surface area contributed by atoms with Crippen LogP contribution < -0.4 is 10.6 Å². The number of carbonyl (C=O) groups is 1. The number of halogens is 2. The maximum atomic E-state index is 12.2. The van der Waals surface area contributed by atoms with Crippen molar-refractivity contribution in [3.8, 4) is 0 Å². The molecule has 25 heavy (non-hydrogen) atoms. The highest BCUT2D eigenvalue weighted by molar-refractivity contribution is 7.98. The van der Waals surface area contributed by atoms with Crippen LogP contribution in [0.3, 0.4) is 0 Å². The molecule has 1 aromatic heterocycles. The van der Waals surface area contributed by atoms with Crippen LogP contribution in [0.2, 0.25) is 0 Å². The monoisotopic (exact) mass is 399 g/mol. The standard InChI is InChI=1S/C18H21N3OS.2ClH/c22-18(15-4-2-10-20-12-15)21-16-5-7-17(8-6-16)23-13-14-3-1-9-19-11-14;;/h1,3,5-9,11,15,20H,2,4,10,12-13H2,(H,21,22);2*1H/t15-;;/m1../s1. The summed E-state index contributed by atoms with van der Waals surface area (Å²) in [7, 11) is 0. The van der Waals surface area contributed by atoms with Crippen LogP contribution in [0, 0.1) is 5.92 Å². The third-order valence-corrected chi connectivity index (χ3v) is 5.00. The minimum Gasteiger partial charge on any atom is -0.326 e. The number of nitrogens with zero attached hydrogens (tertiary/aromatic N) is 1. The third kappa shape index (κ3) is 6.86. The molecule has 136 valence electrons. The third-order valence-electron chi connectivity index (χ3n) is 3.92. The van der Waals surface area contributed by atoms with Gasteiger partial charge in [0.2, 0.25) is 5.91 Å². The van der Waals surface area contributed by atoms with E-state index in [1.165, 1.54) is 10.5 Å². The van der Waals surface area contributed by atoms with Crippen molar-refractivity contribution in [2.24, 2.45) is 5.92 Å². The Hall–Kier alpha value is -1.27. The van der Waals surface area contributed by atoms with Crippen LogP contribution in [-0.2, 0) is 10.5 Å². The predicted octanol–water partition coefficient (Wildman–Crippen LogP) is 4.16. The summed E-state index contributed by atoms with van der Waals surface area (Å²) in [6, 6.07) is 12.1. The molecule has 3 rings (SSSR count). The van der Waals surface area contributed by atoms with E-state index in [1.807, 2.05) is 24.4 Å². The zero-order valence-electron chi connectivity index (χ0n) is 13.8. The van der Waals surface area contributed by atoms with Gasteiger partial charge < -0.3 is 10.6 Å². The number of carbonyl (C=O) groups excluding carboxylic acids is 1. The predicted molar refractivity (Wildman–Crippen MR) is 109 cm³/mol. The van der Waals surface area contributed by atoms with Crippen molar-refractivity contribution >= 4 is 48.2 Å². The Morgan fingerprint density at radius 1 is 1.24 bits per heavy atom. The molecule has 1 aromatic carbocycles. The minimum atomic E-state index is 0. The van der Waals surface area contributed by atoms with E-state index in [9.17, 15) is 4.79 Å². The van der Waals surface area contributed by atoms with Crippen molar-refractivity contribution in [2.45, 2.75) is 23.5 Å². The molecule has 0 saturated carbocycles. The number of anilines is 1. The van der Waals surface area contributed by atoms with Gasteiger partial charge in [0.25, 0.3) is 0 Å². The first-order valence-corrected chi connectivity index (χ1v) is 8.93. The Balaban J connectivity index is 0.00000156. The highest BCUT2D eigenvalue weighted by Gasteiger charge is 2.20. The SMILES string of the molecule is Cl.Cl.O=C(Nc1ccc(SCc2cccnc2)cc1)[C@@H]1CCCNC1. The van der Waals surface area contributed by atoms with E-state index >= 15 is 0 Å². The van der Waals surface area contributed by atoms with Crippen molar-refractivity contribution in [2.75, 3.05) is 18.4 Å². The van der Waals surface area contributed by atoms with E-state index in [0.717, 1.165) is 37.4 Å². The van der Waals surface area contributed by atoms with Gasteiger partial charge >= 0.3 is 0 Å². The van der Waals surface area contributed by atoms with Gasteiger partial charge in [0.1, 0.15) is 0 Å². The molecule has 1 fully saturated rings. The van der Waals surface area contributed by atoms with Gasteiger partial charge in [-0.2, -0.15) is 0 Å². The Bertz CT molecular complexity index is 635. The van der Waals surface area contributed by atoms with Gasteiger partial charge in [-0.05, 0) is 55.3 Å². The number of hydrogen-bond acceptors (Lipinski definition) is 4. The van der Waals surface area contributed by atoms with E-state index in [-0.39, 0.29) is 36.6 Å². The number of rotatable bonds is 5. The van der Waals surface area contributed by atoms with Crippen molar-refractivity contribution in [3.05, 3.63) is 54.4 Å². The summed E-state index contributed by atoms with van der Waals surface area (Å²) in [6.45, 7) is 1.80. The molecule has 1 saturated heterocycles. The summed E-state index contributed by atoms with van der Waals surface area (Å²) in [5, 5.41) is 6.29. The normalized spacial score (nSPS) is 16.2. The second kappa shape index (κ2) is 11.4. The van der Waals surface area contributed by atoms with Crippen LogP contribution in [-0.4, -0.2) is 24.0 Å². The van der Waals surface area contributed by atoms with Crippen molar-refractivity contribution in [1.29, 1.82) is 0 Å². The highest BCUT2D eigenvalue weighted by atomic mass is 35.5. The first kappa shape index (κ1) is 21.8. The van der Waals surface area contributed by atoms with Gasteiger partial charge in [-0.1, -0.05) is 6.07 Å². The molecular formula is C18H23Cl2N3OS. The quantitative estimate of drug-likeness (QED) is 0.741. The van der Waals surface area contributed by atoms with Crippen LogP contribution in [0.15, 0.2) is 53.7 Å². The summed E-state index contributed by atoms with van der Waals surface area (Å²) >= 11 is 1.77. The number of thioether (sulfide) groups is 1. The van der Waals surface area contributed by atoms with E-state index in [0.29, 0.717) is 0 Å². The van der Waals surface area contributed by atoms with Crippen LogP contribution in [0.25, 0.3) is 0 Å². The lowest BCUT2D eigenvalue weighted by atomic mass is 9.99. The minimum absolute atomic E-state index is 0. The average molecular weight is 400 g/mol. The number of hydrogen-bond donors (Lipinski definition) is 2. The summed E-state index contributed by atoms with van der Waals surface area (Å²) < 4.78 is 0. The number of pyridine rings is 1. The second-order valence-electron chi connectivity index (χ2n) is 5.71. The molecule has 1 aliphatic heterocycles. The van der Waals surface area contributed by atoms with E-state index < -0.39 is 0 Å². The number of amides is 1. The van der Waals surface area contributed by atoms with Crippen LogP contribution in [0.5, 0.6) is 0 Å². The molecule has 0 bridgehead atoms. The molecule has 7 heteroatoms. The highest BCUT2D eigenvalue weighted by Crippen LogP contribution is 2.24. The van der Waals surface area contributed by atoms with Crippen molar-refractivity contribution < 1.29 is 4.79 Å². The smallest absolute Gasteiger partial charge is 0.228 e. The lowest BCUT2D eigenvalue weighted by Gasteiger charge is -2.21. The Morgan fingerprint density at radius 3 is 2.68 bits per heavy atom. The topological polar surface area (TPSA) is 54.0 Å². The summed E-state index contributed by atoms with van der Waals surface area (Å²) in [6.07, 6.45) is 5.72. The fraction of sp³-hybridized carbons (Fsp3) is 0.333. The molecular weight excluding hydrogens is 377 g/mol. The Kier molecular flexibility index (Phi) is 9.90. The Labute approximate surface area is 165 Å². The number of aromatic nitrogens is 1. The number of nitrogens with one attached hydrogen (secondary N) is 2. The molecule has 0 radical (unpaired) electrons. The lowest BCUT2D eigenvalue weighted by Crippen LogP contribution is -2.37. The molecule has 2 N–H and O–H groups in total. The molecule has 1 atom stereocenters. The average Bonchev–Trinajstić information content (AvgIpc) is 2.63. The van der Waals surface area contributed by atoms with Gasteiger partial charge in [0.15, 0.2) is 0 Å². The van der Waals surface area contributed by atoms with Crippen molar-refractivity contribution in [1.82, 2.24) is 10.3 Å². The molecule has 0 spiro atoms. The lowest BCUT2D eigenvalue weighted by molar-refractivity contribution is -0.120. The summed E-state index contributed by atoms with van der Waals surface area (Å²) in [4.78, 5) is 17.5. The van der Waals surface area contributed by atoms with Crippen LogP contribution in [0.4, 0.5) is 5.69 Å². The van der Waals surface area contributed by atoms with Gasteiger partial charge in [-0.25, -0.2) is 0 Å². The molecule has 0 unspecified atom stereocenters. The van der Waals surface area contributed by atoms with Gasteiger partial charge in [0, 0.05) is 35.3 Å². The fourth-order valence-corrected chi connectivity index (χ4v) is 3.44. The second-order valence-corrected chi connectivity index (χ2v) is 6.76. The molecule has 1 aliphatic rings. The van der Waals surface area contributed by atoms with Gasteiger partial charge in [0.05, 0.1) is 5.92 Å². The molecule has 1 amide bonds. The Morgan fingerprint density at radius 2 is 2.04 bits per heavy atom. The van der Waals surface area contributed by atoms with Gasteiger partial charge in [-0.3, -0.25) is 9.78 Å². The molecule has 2 heterocycles. The maximum absolute atomic E-state index is 12.2. The first-order chi connectivity index (χ1) is 11.3. The number of piperidine rings is 1. The van der Waals surface area contributed by atoms with E-state index in [4.69, 9.17) is 0 Å². The van der Waals surface area contributed by atoms with Gasteiger partial charge in [-0.15, -0.1) is 36.6 Å². The van der Waals surface area contributed by atoms with Crippen molar-refractivity contribution in [3.63, 3.8) is 0 Å². The summed E-state index contributed by atoms with van der Waals surface area (Å²) in [5.41, 5.74) is 2.07. The fourth-order valence-electron chi connectivity index (χ4n) is 2.60.